The highest BCUT2D eigenvalue weighted by atomic mass is 32.1. The molecule has 0 unspecified atom stereocenters. The van der Waals surface area contributed by atoms with Crippen molar-refractivity contribution in [2.24, 2.45) is 0 Å². The van der Waals surface area contributed by atoms with Gasteiger partial charge < -0.3 is 4.74 Å². The first-order valence-corrected chi connectivity index (χ1v) is 9.34. The lowest BCUT2D eigenvalue weighted by atomic mass is 10.0. The van der Waals surface area contributed by atoms with Crippen LogP contribution in [0.5, 0.6) is 0 Å². The van der Waals surface area contributed by atoms with Gasteiger partial charge in [0.2, 0.25) is 0 Å². The number of hydrogen-bond donors (Lipinski definition) is 1. The summed E-state index contributed by atoms with van der Waals surface area (Å²) >= 11 is -0.249. The summed E-state index contributed by atoms with van der Waals surface area (Å²) in [7, 11) is 0. The zero-order valence-electron chi connectivity index (χ0n) is 16.2. The molecule has 1 N–H and O–H groups in total. The van der Waals surface area contributed by atoms with Gasteiger partial charge in [-0.05, 0) is 25.1 Å². The fraction of sp³-hybridized carbons (Fsp3) is 0.353. The van der Waals surface area contributed by atoms with E-state index in [1.54, 1.807) is 0 Å². The first kappa shape index (κ1) is 27.3. The molecule has 0 aliphatic heterocycles. The van der Waals surface area contributed by atoms with Crippen molar-refractivity contribution in [2.45, 2.75) is 31.4 Å². The van der Waals surface area contributed by atoms with E-state index in [-0.39, 0.29) is 29.5 Å². The van der Waals surface area contributed by atoms with Gasteiger partial charge in [-0.3, -0.25) is 10.1 Å². The SMILES string of the molecule is CCOC(=O)c1sc(NC(=O)c2cc(C(F)(F)F)cc(C(F)(F)F)c2)nc1C(F)(F)C(F)(F)F. The number of amides is 1. The second-order valence-corrected chi connectivity index (χ2v) is 7.24. The van der Waals surface area contributed by atoms with Gasteiger partial charge in [-0.25, -0.2) is 9.78 Å². The fourth-order valence-corrected chi connectivity index (χ4v) is 3.20. The number of thiazole rings is 1. The minimum absolute atomic E-state index is 0.00430. The van der Waals surface area contributed by atoms with Crippen molar-refractivity contribution in [1.29, 1.82) is 0 Å². The number of aromatic nitrogens is 1. The molecule has 1 aromatic carbocycles. The Balaban J connectivity index is 2.55. The van der Waals surface area contributed by atoms with Gasteiger partial charge in [0.05, 0.1) is 17.7 Å². The first-order valence-electron chi connectivity index (χ1n) is 8.52. The van der Waals surface area contributed by atoms with Crippen LogP contribution in [0.25, 0.3) is 0 Å². The van der Waals surface area contributed by atoms with E-state index in [1.165, 1.54) is 12.2 Å². The molecule has 0 fully saturated rings. The molecule has 0 saturated carbocycles. The van der Waals surface area contributed by atoms with Crippen LogP contribution in [-0.4, -0.2) is 29.6 Å². The number of ether oxygens (including phenoxy) is 1. The van der Waals surface area contributed by atoms with Crippen LogP contribution >= 0.6 is 11.3 Å². The van der Waals surface area contributed by atoms with E-state index in [2.05, 4.69) is 9.72 Å². The van der Waals surface area contributed by atoms with Crippen LogP contribution in [-0.2, 0) is 23.0 Å². The van der Waals surface area contributed by atoms with Crippen molar-refractivity contribution in [3.8, 4) is 0 Å². The summed E-state index contributed by atoms with van der Waals surface area (Å²) in [6.45, 7) is 0.731. The molecule has 1 amide bonds. The summed E-state index contributed by atoms with van der Waals surface area (Å²) in [6, 6.07) is -0.299. The van der Waals surface area contributed by atoms with E-state index in [1.807, 2.05) is 0 Å². The van der Waals surface area contributed by atoms with Crippen LogP contribution in [0.15, 0.2) is 18.2 Å². The molecule has 17 heteroatoms. The molecule has 0 aliphatic carbocycles. The Morgan fingerprint density at radius 1 is 0.912 bits per heavy atom. The monoisotopic (exact) mass is 530 g/mol. The van der Waals surface area contributed by atoms with Crippen LogP contribution in [0, 0.1) is 0 Å². The van der Waals surface area contributed by atoms with Gasteiger partial charge in [0.15, 0.2) is 5.13 Å². The van der Waals surface area contributed by atoms with Crippen LogP contribution in [0.1, 0.15) is 43.8 Å². The summed E-state index contributed by atoms with van der Waals surface area (Å²) in [5.74, 6) is -9.16. The normalized spacial score (nSPS) is 13.1. The molecule has 1 aromatic heterocycles. The number of benzene rings is 1. The van der Waals surface area contributed by atoms with E-state index in [4.69, 9.17) is 0 Å². The number of alkyl halides is 11. The molecule has 0 saturated heterocycles. The zero-order valence-corrected chi connectivity index (χ0v) is 17.0. The molecule has 0 bridgehead atoms. The zero-order chi connectivity index (χ0) is 26.3. The number of esters is 1. The third-order valence-corrected chi connectivity index (χ3v) is 4.76. The van der Waals surface area contributed by atoms with E-state index >= 15 is 0 Å². The maximum absolute atomic E-state index is 13.8. The second kappa shape index (κ2) is 8.99. The summed E-state index contributed by atoms with van der Waals surface area (Å²) in [6.07, 6.45) is -16.9. The number of anilines is 1. The largest absolute Gasteiger partial charge is 0.462 e. The van der Waals surface area contributed by atoms with Crippen LogP contribution in [0.2, 0.25) is 0 Å². The number of carbonyl (C=O) groups is 2. The summed E-state index contributed by atoms with van der Waals surface area (Å²) in [4.78, 5) is 25.5. The van der Waals surface area contributed by atoms with Crippen molar-refractivity contribution >= 4 is 28.3 Å². The van der Waals surface area contributed by atoms with Gasteiger partial charge in [-0.2, -0.15) is 48.3 Å². The van der Waals surface area contributed by atoms with E-state index < -0.39 is 75.3 Å². The highest BCUT2D eigenvalue weighted by Crippen LogP contribution is 2.46. The Hall–Kier alpha value is -2.98. The number of nitrogens with zero attached hydrogens (tertiary/aromatic N) is 1. The summed E-state index contributed by atoms with van der Waals surface area (Å²) in [5.41, 5.74) is -7.20. The third-order valence-electron chi connectivity index (χ3n) is 3.81. The lowest BCUT2D eigenvalue weighted by Crippen LogP contribution is -2.35. The Kier molecular flexibility index (Phi) is 7.21. The maximum atomic E-state index is 13.8. The highest BCUT2D eigenvalue weighted by Gasteiger charge is 2.62. The van der Waals surface area contributed by atoms with Crippen LogP contribution < -0.4 is 5.32 Å². The van der Waals surface area contributed by atoms with Gasteiger partial charge in [-0.1, -0.05) is 11.3 Å². The van der Waals surface area contributed by atoms with Gasteiger partial charge in [-0.15, -0.1) is 0 Å². The van der Waals surface area contributed by atoms with Crippen molar-refractivity contribution in [3.05, 3.63) is 45.5 Å². The Bertz CT molecular complexity index is 1060. The molecular formula is C17H9F11N2O3S. The number of rotatable bonds is 5. The number of nitrogens with one attached hydrogen (secondary N) is 1. The second-order valence-electron chi connectivity index (χ2n) is 6.24. The molecule has 0 radical (unpaired) electrons. The Labute approximate surface area is 185 Å². The molecule has 5 nitrogen and oxygen atoms in total. The van der Waals surface area contributed by atoms with Gasteiger partial charge in [0.1, 0.15) is 10.6 Å². The highest BCUT2D eigenvalue weighted by molar-refractivity contribution is 7.17. The van der Waals surface area contributed by atoms with Crippen LogP contribution in [0.3, 0.4) is 0 Å². The van der Waals surface area contributed by atoms with E-state index in [0.29, 0.717) is 0 Å². The molecule has 2 aromatic rings. The predicted molar refractivity (Wildman–Crippen MR) is 92.4 cm³/mol. The quantitative estimate of drug-likeness (QED) is 0.366. The van der Waals surface area contributed by atoms with Crippen molar-refractivity contribution in [3.63, 3.8) is 0 Å². The molecule has 1 heterocycles. The van der Waals surface area contributed by atoms with E-state index in [0.717, 1.165) is 0 Å². The Morgan fingerprint density at radius 2 is 1.41 bits per heavy atom. The average Bonchev–Trinajstić information content (AvgIpc) is 3.10. The fourth-order valence-electron chi connectivity index (χ4n) is 2.31. The van der Waals surface area contributed by atoms with E-state index in [9.17, 15) is 57.9 Å². The van der Waals surface area contributed by atoms with Crippen LogP contribution in [0.4, 0.5) is 53.4 Å². The average molecular weight is 530 g/mol. The molecule has 34 heavy (non-hydrogen) atoms. The topological polar surface area (TPSA) is 68.3 Å². The summed E-state index contributed by atoms with van der Waals surface area (Å²) in [5, 5.41) is 0.381. The molecule has 188 valence electrons. The molecular weight excluding hydrogens is 521 g/mol. The smallest absolute Gasteiger partial charge is 0.459 e. The Morgan fingerprint density at radius 3 is 1.82 bits per heavy atom. The summed E-state index contributed by atoms with van der Waals surface area (Å²) < 4.78 is 148. The lowest BCUT2D eigenvalue weighted by molar-refractivity contribution is -0.290. The van der Waals surface area contributed by atoms with Gasteiger partial charge >= 0.3 is 30.4 Å². The number of halogens is 11. The van der Waals surface area contributed by atoms with Gasteiger partial charge in [0.25, 0.3) is 5.91 Å². The number of hydrogen-bond acceptors (Lipinski definition) is 5. The van der Waals surface area contributed by atoms with Gasteiger partial charge in [0, 0.05) is 5.56 Å². The first-order chi connectivity index (χ1) is 15.3. The minimum atomic E-state index is -6.24. The van der Waals surface area contributed by atoms with Crippen molar-refractivity contribution < 1.29 is 62.6 Å². The minimum Gasteiger partial charge on any atom is -0.462 e. The lowest BCUT2D eigenvalue weighted by Gasteiger charge is -2.18. The molecule has 2 rings (SSSR count). The van der Waals surface area contributed by atoms with Crippen molar-refractivity contribution in [2.75, 3.05) is 11.9 Å². The molecule has 0 atom stereocenters. The predicted octanol–water partition coefficient (Wildman–Crippen LogP) is 6.26. The standard InChI is InChI=1S/C17H9F11N2O3S/c1-2-33-12(32)9-10(14(18,19)17(26,27)28)29-13(34-9)30-11(31)6-3-7(15(20,21)22)5-8(4-6)16(23,24)25/h3-5H,2H2,1H3,(H,29,30,31). The molecule has 0 spiro atoms. The molecule has 0 aliphatic rings. The maximum Gasteiger partial charge on any atom is 0.459 e. The third kappa shape index (κ3) is 5.74. The van der Waals surface area contributed by atoms with Crippen molar-refractivity contribution in [1.82, 2.24) is 4.98 Å². The number of carbonyl (C=O) groups excluding carboxylic acids is 2.